The molecule has 1 fully saturated rings. The fraction of sp³-hybridized carbons (Fsp3) is 0.350. The summed E-state index contributed by atoms with van der Waals surface area (Å²) in [6, 6.07) is 15.2. The fourth-order valence-corrected chi connectivity index (χ4v) is 3.92. The lowest BCUT2D eigenvalue weighted by atomic mass is 9.75. The molecule has 0 amide bonds. The van der Waals surface area contributed by atoms with Crippen molar-refractivity contribution in [3.63, 3.8) is 0 Å². The van der Waals surface area contributed by atoms with E-state index >= 15 is 0 Å². The van der Waals surface area contributed by atoms with Crippen molar-refractivity contribution in [3.05, 3.63) is 71.0 Å². The van der Waals surface area contributed by atoms with E-state index in [1.807, 2.05) is 24.3 Å². The Hall–Kier alpha value is -2.16. The van der Waals surface area contributed by atoms with Crippen molar-refractivity contribution in [1.82, 2.24) is 0 Å². The average molecular weight is 312 g/mol. The number of esters is 1. The van der Waals surface area contributed by atoms with Crippen molar-refractivity contribution >= 4 is 5.97 Å². The number of hydrogen-bond donors (Lipinski definition) is 0. The SMILES string of the molecule is COC(=O)C1(c2cccc(F)c2C)CCC(c2ccccc2)C1. The Morgan fingerprint density at radius 1 is 1.17 bits per heavy atom. The normalized spacial score (nSPS) is 23.7. The summed E-state index contributed by atoms with van der Waals surface area (Å²) in [4.78, 5) is 12.6. The number of hydrogen-bond acceptors (Lipinski definition) is 2. The Bertz CT molecular complexity index is 711. The molecule has 2 atom stereocenters. The minimum Gasteiger partial charge on any atom is -0.468 e. The number of carbonyl (C=O) groups excluding carboxylic acids is 1. The van der Waals surface area contributed by atoms with Crippen LogP contribution in [0.25, 0.3) is 0 Å². The first-order valence-electron chi connectivity index (χ1n) is 7.97. The van der Waals surface area contributed by atoms with Crippen LogP contribution in [0.3, 0.4) is 0 Å². The Morgan fingerprint density at radius 2 is 1.91 bits per heavy atom. The Morgan fingerprint density at radius 3 is 2.61 bits per heavy atom. The summed E-state index contributed by atoms with van der Waals surface area (Å²) >= 11 is 0. The van der Waals surface area contributed by atoms with Gasteiger partial charge in [-0.05, 0) is 54.9 Å². The summed E-state index contributed by atoms with van der Waals surface area (Å²) in [5.41, 5.74) is 1.79. The lowest BCUT2D eigenvalue weighted by molar-refractivity contribution is -0.147. The Balaban J connectivity index is 2.03. The molecular weight excluding hydrogens is 291 g/mol. The molecule has 2 unspecified atom stereocenters. The van der Waals surface area contributed by atoms with Crippen LogP contribution in [0.4, 0.5) is 4.39 Å². The van der Waals surface area contributed by atoms with Crippen LogP contribution < -0.4 is 0 Å². The molecule has 1 saturated carbocycles. The summed E-state index contributed by atoms with van der Waals surface area (Å²) in [6.45, 7) is 1.74. The minimum atomic E-state index is -0.749. The van der Waals surface area contributed by atoms with E-state index in [-0.39, 0.29) is 17.7 Å². The van der Waals surface area contributed by atoms with Gasteiger partial charge in [-0.3, -0.25) is 4.79 Å². The second-order valence-electron chi connectivity index (χ2n) is 6.34. The summed E-state index contributed by atoms with van der Waals surface area (Å²) in [5.74, 6) is -0.239. The molecule has 120 valence electrons. The van der Waals surface area contributed by atoms with Crippen LogP contribution in [-0.2, 0) is 14.9 Å². The minimum absolute atomic E-state index is 0.260. The van der Waals surface area contributed by atoms with Gasteiger partial charge in [0.25, 0.3) is 0 Å². The number of benzene rings is 2. The smallest absolute Gasteiger partial charge is 0.316 e. The van der Waals surface area contributed by atoms with E-state index in [4.69, 9.17) is 4.74 Å². The summed E-state index contributed by atoms with van der Waals surface area (Å²) in [6.07, 6.45) is 2.24. The van der Waals surface area contributed by atoms with Crippen LogP contribution in [0.5, 0.6) is 0 Å². The Labute approximate surface area is 136 Å². The predicted molar refractivity (Wildman–Crippen MR) is 87.9 cm³/mol. The van der Waals surface area contributed by atoms with Gasteiger partial charge in [-0.15, -0.1) is 0 Å². The molecule has 0 heterocycles. The van der Waals surface area contributed by atoms with E-state index in [0.717, 1.165) is 12.0 Å². The summed E-state index contributed by atoms with van der Waals surface area (Å²) in [5, 5.41) is 0. The standard InChI is InChI=1S/C20H21FO2/c1-14-17(9-6-10-18(14)21)20(19(22)23-2)12-11-16(13-20)15-7-4-3-5-8-15/h3-10,16H,11-13H2,1-2H3. The fourth-order valence-electron chi connectivity index (χ4n) is 3.92. The van der Waals surface area contributed by atoms with E-state index in [1.54, 1.807) is 13.0 Å². The first kappa shape index (κ1) is 15.7. The largest absolute Gasteiger partial charge is 0.468 e. The first-order valence-corrected chi connectivity index (χ1v) is 7.97. The van der Waals surface area contributed by atoms with Gasteiger partial charge >= 0.3 is 5.97 Å². The van der Waals surface area contributed by atoms with E-state index in [9.17, 15) is 9.18 Å². The van der Waals surface area contributed by atoms with Gasteiger partial charge in [0, 0.05) is 0 Å². The van der Waals surface area contributed by atoms with E-state index in [1.165, 1.54) is 18.7 Å². The number of halogens is 1. The van der Waals surface area contributed by atoms with Gasteiger partial charge in [-0.1, -0.05) is 42.5 Å². The number of ether oxygens (including phenoxy) is 1. The topological polar surface area (TPSA) is 26.3 Å². The predicted octanol–water partition coefficient (Wildman–Crippen LogP) is 4.51. The average Bonchev–Trinajstić information content (AvgIpc) is 3.04. The molecule has 2 aromatic carbocycles. The van der Waals surface area contributed by atoms with Crippen molar-refractivity contribution in [2.75, 3.05) is 7.11 Å². The van der Waals surface area contributed by atoms with E-state index in [2.05, 4.69) is 12.1 Å². The zero-order chi connectivity index (χ0) is 16.4. The maximum atomic E-state index is 14.0. The second-order valence-corrected chi connectivity index (χ2v) is 6.34. The van der Waals surface area contributed by atoms with Crippen LogP contribution in [-0.4, -0.2) is 13.1 Å². The van der Waals surface area contributed by atoms with Crippen molar-refractivity contribution in [2.24, 2.45) is 0 Å². The number of rotatable bonds is 3. The molecule has 1 aliphatic carbocycles. The van der Waals surface area contributed by atoms with Gasteiger partial charge in [0.1, 0.15) is 5.82 Å². The van der Waals surface area contributed by atoms with Crippen LogP contribution in [0.15, 0.2) is 48.5 Å². The molecule has 0 spiro atoms. The third-order valence-electron chi connectivity index (χ3n) is 5.14. The summed E-state index contributed by atoms with van der Waals surface area (Å²) in [7, 11) is 1.41. The highest BCUT2D eigenvalue weighted by Gasteiger charge is 2.48. The second kappa shape index (κ2) is 6.15. The highest BCUT2D eigenvalue weighted by molar-refractivity contribution is 5.84. The zero-order valence-electron chi connectivity index (χ0n) is 13.5. The molecule has 0 radical (unpaired) electrons. The molecule has 3 heteroatoms. The Kier molecular flexibility index (Phi) is 4.20. The van der Waals surface area contributed by atoms with Gasteiger partial charge in [-0.2, -0.15) is 0 Å². The van der Waals surface area contributed by atoms with E-state index < -0.39 is 5.41 Å². The molecule has 0 bridgehead atoms. The number of carbonyl (C=O) groups is 1. The first-order chi connectivity index (χ1) is 11.1. The highest BCUT2D eigenvalue weighted by atomic mass is 19.1. The molecule has 1 aliphatic rings. The quantitative estimate of drug-likeness (QED) is 0.779. The van der Waals surface area contributed by atoms with Gasteiger partial charge < -0.3 is 4.74 Å². The monoisotopic (exact) mass is 312 g/mol. The van der Waals surface area contributed by atoms with E-state index in [0.29, 0.717) is 18.4 Å². The van der Waals surface area contributed by atoms with Gasteiger partial charge in [0.15, 0.2) is 0 Å². The van der Waals surface area contributed by atoms with Crippen LogP contribution in [0.2, 0.25) is 0 Å². The van der Waals surface area contributed by atoms with Crippen molar-refractivity contribution < 1.29 is 13.9 Å². The van der Waals surface area contributed by atoms with Crippen LogP contribution in [0.1, 0.15) is 41.9 Å². The van der Waals surface area contributed by atoms with Gasteiger partial charge in [0.05, 0.1) is 12.5 Å². The van der Waals surface area contributed by atoms with Gasteiger partial charge in [0.2, 0.25) is 0 Å². The molecule has 0 saturated heterocycles. The molecule has 2 nitrogen and oxygen atoms in total. The highest BCUT2D eigenvalue weighted by Crippen LogP contribution is 2.50. The molecule has 0 aromatic heterocycles. The van der Waals surface area contributed by atoms with Crippen molar-refractivity contribution in [1.29, 1.82) is 0 Å². The molecule has 0 aliphatic heterocycles. The van der Waals surface area contributed by atoms with Crippen molar-refractivity contribution in [3.8, 4) is 0 Å². The zero-order valence-corrected chi connectivity index (χ0v) is 13.5. The number of methoxy groups -OCH3 is 1. The van der Waals surface area contributed by atoms with Crippen molar-refractivity contribution in [2.45, 2.75) is 37.5 Å². The lowest BCUT2D eigenvalue weighted by Crippen LogP contribution is -2.35. The third kappa shape index (κ3) is 2.65. The van der Waals surface area contributed by atoms with Crippen LogP contribution >= 0.6 is 0 Å². The maximum Gasteiger partial charge on any atom is 0.316 e. The molecule has 2 aromatic rings. The summed E-state index contributed by atoms with van der Waals surface area (Å²) < 4.78 is 19.1. The molecule has 23 heavy (non-hydrogen) atoms. The molecular formula is C20H21FO2. The lowest BCUT2D eigenvalue weighted by Gasteiger charge is -2.29. The molecule has 3 rings (SSSR count). The van der Waals surface area contributed by atoms with Crippen LogP contribution in [0, 0.1) is 12.7 Å². The molecule has 0 N–H and O–H groups in total. The third-order valence-corrected chi connectivity index (χ3v) is 5.14. The van der Waals surface area contributed by atoms with Gasteiger partial charge in [-0.25, -0.2) is 4.39 Å². The maximum absolute atomic E-state index is 14.0.